The Kier molecular flexibility index (Phi) is 24.8. The Morgan fingerprint density at radius 3 is 0.701 bits per heavy atom. The minimum absolute atomic E-state index is 0. The molecule has 0 atom stereocenters. The molecule has 16 heteroatoms. The summed E-state index contributed by atoms with van der Waals surface area (Å²) < 4.78 is 34.5. The fourth-order valence-electron chi connectivity index (χ4n) is 7.54. The van der Waals surface area contributed by atoms with Gasteiger partial charge in [-0.25, -0.2) is 0 Å². The van der Waals surface area contributed by atoms with E-state index in [4.69, 9.17) is 28.4 Å². The number of rotatable bonds is 0. The van der Waals surface area contributed by atoms with Gasteiger partial charge in [0, 0.05) is 52.3 Å². The van der Waals surface area contributed by atoms with Crippen LogP contribution in [0.1, 0.15) is 57.8 Å². The summed E-state index contributed by atoms with van der Waals surface area (Å²) in [5, 5.41) is 67.5. The van der Waals surface area contributed by atoms with E-state index >= 15 is 0 Å². The fraction of sp³-hybridized carbons (Fsp3) is 0.294. The largest absolute Gasteiger partial charge is 1.00 e. The summed E-state index contributed by atoms with van der Waals surface area (Å²) in [4.78, 5) is 0. The van der Waals surface area contributed by atoms with Crippen molar-refractivity contribution < 1.29 is 151 Å². The van der Waals surface area contributed by atoms with Crippen molar-refractivity contribution in [2.75, 3.05) is 39.6 Å². The monoisotopic (exact) mass is 1020 g/mol. The van der Waals surface area contributed by atoms with Gasteiger partial charge in [-0.05, 0) is 112 Å². The Bertz CT molecular complexity index is 2040. The fourth-order valence-corrected chi connectivity index (χ4v) is 7.54. The van der Waals surface area contributed by atoms with Crippen molar-refractivity contribution in [3.63, 3.8) is 0 Å². The first kappa shape index (κ1) is 57.2. The van der Waals surface area contributed by atoms with Gasteiger partial charge in [-0.2, -0.15) is 0 Å². The van der Waals surface area contributed by atoms with Crippen LogP contribution in [0.2, 0.25) is 0 Å². The van der Waals surface area contributed by atoms with E-state index in [1.807, 2.05) is 0 Å². The van der Waals surface area contributed by atoms with Gasteiger partial charge in [0.25, 0.3) is 0 Å². The molecule has 0 amide bonds. The molecule has 12 nitrogen and oxygen atoms in total. The van der Waals surface area contributed by atoms with Crippen molar-refractivity contribution in [2.24, 2.45) is 0 Å². The predicted molar refractivity (Wildman–Crippen MR) is 233 cm³/mol. The topological polar surface area (TPSA) is 185 Å². The van der Waals surface area contributed by atoms with Crippen molar-refractivity contribution in [3.05, 3.63) is 109 Å². The normalized spacial score (nSPS) is 14.0. The second-order valence-electron chi connectivity index (χ2n) is 15.1. The first-order chi connectivity index (χ1) is 30.8. The molecule has 0 fully saturated rings. The van der Waals surface area contributed by atoms with Gasteiger partial charge >= 0.3 is 56.6 Å². The predicted octanol–water partition coefficient (Wildman–Crippen LogP) is 0.235. The molecule has 9 rings (SSSR count). The number of hydrogen-bond acceptors (Lipinski definition) is 12. The molecule has 6 aromatic carbocycles. The Morgan fingerprint density at radius 1 is 0.284 bits per heavy atom. The van der Waals surface area contributed by atoms with E-state index in [1.165, 1.54) is 18.2 Å². The molecule has 0 aliphatic carbocycles. The number of phenols is 3. The summed E-state index contributed by atoms with van der Waals surface area (Å²) in [5.41, 5.74) is 2.35. The maximum atomic E-state index is 12.3. The summed E-state index contributed by atoms with van der Waals surface area (Å²) in [6.07, 6.45) is 8.48. The molecule has 0 spiro atoms. The first-order valence-electron chi connectivity index (χ1n) is 21.5. The van der Waals surface area contributed by atoms with E-state index in [0.29, 0.717) is 108 Å². The Balaban J connectivity index is 0.000000259. The van der Waals surface area contributed by atoms with Crippen LogP contribution in [0.5, 0.6) is 69.0 Å². The third-order valence-electron chi connectivity index (χ3n) is 10.6. The van der Waals surface area contributed by atoms with Crippen LogP contribution < -0.4 is 100 Å². The smallest absolute Gasteiger partial charge is 0.872 e. The van der Waals surface area contributed by atoms with Crippen LogP contribution in [-0.2, 0) is 0 Å². The second kappa shape index (κ2) is 29.1. The third-order valence-corrected chi connectivity index (χ3v) is 10.6. The van der Waals surface area contributed by atoms with Crippen molar-refractivity contribution in [1.82, 2.24) is 0 Å². The number of fused-ring (bicyclic) bond motifs is 9. The second-order valence-corrected chi connectivity index (χ2v) is 15.1. The molecule has 0 unspecified atom stereocenters. The molecule has 0 saturated heterocycles. The summed E-state index contributed by atoms with van der Waals surface area (Å²) >= 11 is 0. The molecule has 0 aromatic heterocycles. The van der Waals surface area contributed by atoms with E-state index in [-0.39, 0.29) is 127 Å². The van der Waals surface area contributed by atoms with Gasteiger partial charge in [0.2, 0.25) is 0 Å². The summed E-state index contributed by atoms with van der Waals surface area (Å²) in [7, 11) is 0. The molecule has 67 heavy (non-hydrogen) atoms. The maximum absolute atomic E-state index is 12.3. The van der Waals surface area contributed by atoms with E-state index in [0.717, 1.165) is 57.8 Å². The van der Waals surface area contributed by atoms with Crippen LogP contribution >= 0.6 is 0 Å². The molecule has 3 aliphatic heterocycles. The van der Waals surface area contributed by atoms with Crippen LogP contribution in [0.15, 0.2) is 109 Å². The van der Waals surface area contributed by atoms with Crippen molar-refractivity contribution >= 4 is 0 Å². The Hall–Kier alpha value is -4.09. The summed E-state index contributed by atoms with van der Waals surface area (Å²) in [6.45, 7) is 3.35. The van der Waals surface area contributed by atoms with Crippen LogP contribution in [0, 0.1) is 35.6 Å². The number of benzene rings is 6. The van der Waals surface area contributed by atoms with E-state index in [2.05, 4.69) is 0 Å². The average molecular weight is 1020 g/mol. The van der Waals surface area contributed by atoms with Gasteiger partial charge in [-0.1, -0.05) is 71.8 Å². The summed E-state index contributed by atoms with van der Waals surface area (Å²) in [6, 6.07) is 29.8. The van der Waals surface area contributed by atoms with Crippen molar-refractivity contribution in [1.29, 1.82) is 0 Å². The average Bonchev–Trinajstić information content (AvgIpc) is 3.37. The van der Waals surface area contributed by atoms with Crippen LogP contribution in [0.25, 0.3) is 33.4 Å². The van der Waals surface area contributed by atoms with Gasteiger partial charge in [0.05, 0.1) is 56.3 Å². The number of phenolic OH excluding ortho intramolecular Hbond substituents is 3. The minimum atomic E-state index is -0.182. The van der Waals surface area contributed by atoms with Gasteiger partial charge in [0.1, 0.15) is 51.7 Å². The van der Waals surface area contributed by atoms with Crippen molar-refractivity contribution in [2.45, 2.75) is 57.8 Å². The SMILES string of the molecule is [La].[Li+].[Li+].[Li+].[O-]c1cccc2c1-c1c(O)cccc1OCCCCCO2.[O-]c1cccc2c1-c1c(O)cccc1OCCCCCO2.[O-]c1cccc2c1-c1c(O)cccc1OCCCCCO2. The molecule has 3 aliphatic rings. The number of hydrogen-bond donors (Lipinski definition) is 3. The van der Waals surface area contributed by atoms with Gasteiger partial charge < -0.3 is 59.1 Å². The third kappa shape index (κ3) is 14.9. The molecule has 0 saturated carbocycles. The van der Waals surface area contributed by atoms with E-state index < -0.39 is 0 Å². The molecule has 3 heterocycles. The van der Waals surface area contributed by atoms with Gasteiger partial charge in [-0.3, -0.25) is 0 Å². The summed E-state index contributed by atoms with van der Waals surface area (Å²) in [5.74, 6) is 2.58. The van der Waals surface area contributed by atoms with E-state index in [1.54, 1.807) is 91.0 Å². The molecular weight excluding hydrogens is 964 g/mol. The van der Waals surface area contributed by atoms with Gasteiger partial charge in [-0.15, -0.1) is 0 Å². The van der Waals surface area contributed by atoms with Crippen molar-refractivity contribution in [3.8, 4) is 102 Å². The quantitative estimate of drug-likeness (QED) is 0.177. The zero-order valence-electron chi connectivity index (χ0n) is 38.6. The molecule has 6 aromatic rings. The Labute approximate surface area is 456 Å². The Morgan fingerprint density at radius 2 is 0.478 bits per heavy atom. The van der Waals surface area contributed by atoms with Crippen LogP contribution in [0.4, 0.5) is 0 Å². The maximum Gasteiger partial charge on any atom is 1.00 e. The zero-order valence-corrected chi connectivity index (χ0v) is 42.2. The minimum Gasteiger partial charge on any atom is -0.872 e. The van der Waals surface area contributed by atoms with Gasteiger partial charge in [0.15, 0.2) is 0 Å². The number of aromatic hydroxyl groups is 3. The van der Waals surface area contributed by atoms with Crippen LogP contribution in [-0.4, -0.2) is 55.0 Å². The first-order valence-corrected chi connectivity index (χ1v) is 21.5. The molecular formula is C51H51LaLi3O12. The standard InChI is InChI=1S/3C17H18O4.La.3Li/c3*18-12-6-4-8-14-16(12)17-13(19)7-5-9-15(17)21-11-3-1-2-10-20-14;;;;/h3*4-9,18-19H,1-3,10-11H2;;;;/q;;;;3*+1/p-3. The molecule has 1 radical (unpaired) electrons. The number of ether oxygens (including phenoxy) is 6. The van der Waals surface area contributed by atoms with E-state index in [9.17, 15) is 30.6 Å². The zero-order chi connectivity index (χ0) is 44.0. The molecule has 3 N–H and O–H groups in total. The van der Waals surface area contributed by atoms with Crippen LogP contribution in [0.3, 0.4) is 0 Å². The molecule has 333 valence electrons. The molecule has 0 bridgehead atoms.